The summed E-state index contributed by atoms with van der Waals surface area (Å²) in [6, 6.07) is -1.03. The largest absolute Gasteiger partial charge is 0.394 e. The van der Waals surface area contributed by atoms with E-state index in [1.54, 1.807) is 0 Å². The van der Waals surface area contributed by atoms with Gasteiger partial charge in [0.2, 0.25) is 0 Å². The fraction of sp³-hybridized carbons (Fsp3) is 1.00. The molecular formula is C9H19NO7. The van der Waals surface area contributed by atoms with Crippen LogP contribution in [0.15, 0.2) is 0 Å². The highest BCUT2D eigenvalue weighted by Crippen LogP contribution is 2.21. The highest BCUT2D eigenvalue weighted by Gasteiger charge is 2.43. The van der Waals surface area contributed by atoms with Gasteiger partial charge in [-0.1, -0.05) is 0 Å². The maximum absolute atomic E-state index is 9.61. The van der Waals surface area contributed by atoms with Crippen LogP contribution in [0.2, 0.25) is 0 Å². The lowest BCUT2D eigenvalue weighted by atomic mass is 9.98. The Morgan fingerprint density at radius 2 is 1.71 bits per heavy atom. The lowest BCUT2D eigenvalue weighted by molar-refractivity contribution is -0.282. The average Bonchev–Trinajstić information content (AvgIpc) is 2.35. The SMILES string of the molecule is N[C@H]1C(OC(CO)CO)O[C@H](CO)[C@@H](O)[C@@H]1O. The highest BCUT2D eigenvalue weighted by molar-refractivity contribution is 4.91. The van der Waals surface area contributed by atoms with Gasteiger partial charge in [-0.3, -0.25) is 0 Å². The Labute approximate surface area is 98.2 Å². The first-order valence-electron chi connectivity index (χ1n) is 5.30. The molecular weight excluding hydrogens is 234 g/mol. The third kappa shape index (κ3) is 3.33. The summed E-state index contributed by atoms with van der Waals surface area (Å²) in [5.41, 5.74) is 5.58. The number of aliphatic hydroxyl groups excluding tert-OH is 5. The fourth-order valence-electron chi connectivity index (χ4n) is 1.56. The summed E-state index contributed by atoms with van der Waals surface area (Å²) in [6.07, 6.45) is -5.66. The molecule has 0 amide bonds. The van der Waals surface area contributed by atoms with E-state index in [0.29, 0.717) is 0 Å². The van der Waals surface area contributed by atoms with Crippen molar-refractivity contribution >= 4 is 0 Å². The second-order valence-corrected chi connectivity index (χ2v) is 3.91. The minimum absolute atomic E-state index is 0.439. The molecule has 17 heavy (non-hydrogen) atoms. The molecule has 5 atom stereocenters. The molecule has 1 rings (SSSR count). The van der Waals surface area contributed by atoms with E-state index in [-0.39, 0.29) is 0 Å². The number of nitrogens with two attached hydrogens (primary N) is 1. The van der Waals surface area contributed by atoms with Crippen LogP contribution in [0.4, 0.5) is 0 Å². The summed E-state index contributed by atoms with van der Waals surface area (Å²) < 4.78 is 10.3. The van der Waals surface area contributed by atoms with Crippen molar-refractivity contribution in [1.29, 1.82) is 0 Å². The van der Waals surface area contributed by atoms with E-state index >= 15 is 0 Å². The molecule has 8 nitrogen and oxygen atoms in total. The average molecular weight is 253 g/mol. The molecule has 1 saturated heterocycles. The van der Waals surface area contributed by atoms with Gasteiger partial charge < -0.3 is 40.7 Å². The number of hydrogen-bond acceptors (Lipinski definition) is 8. The summed E-state index contributed by atoms with van der Waals surface area (Å²) in [5, 5.41) is 45.7. The third-order valence-corrected chi connectivity index (χ3v) is 2.66. The second kappa shape index (κ2) is 6.57. The maximum atomic E-state index is 9.61. The van der Waals surface area contributed by atoms with Gasteiger partial charge in [0.1, 0.15) is 24.4 Å². The Bertz CT molecular complexity index is 221. The molecule has 0 bridgehead atoms. The van der Waals surface area contributed by atoms with Gasteiger partial charge in [0.15, 0.2) is 6.29 Å². The second-order valence-electron chi connectivity index (χ2n) is 3.91. The van der Waals surface area contributed by atoms with Crippen molar-refractivity contribution in [3.63, 3.8) is 0 Å². The molecule has 1 aliphatic heterocycles. The summed E-state index contributed by atoms with van der Waals surface area (Å²) in [7, 11) is 0. The van der Waals surface area contributed by atoms with Crippen LogP contribution in [0, 0.1) is 0 Å². The van der Waals surface area contributed by atoms with Crippen LogP contribution in [0.1, 0.15) is 0 Å². The predicted molar refractivity (Wildman–Crippen MR) is 54.8 cm³/mol. The molecule has 1 unspecified atom stereocenters. The summed E-state index contributed by atoms with van der Waals surface area (Å²) in [4.78, 5) is 0. The van der Waals surface area contributed by atoms with Gasteiger partial charge in [0.05, 0.1) is 25.9 Å². The number of aliphatic hydroxyl groups is 5. The van der Waals surface area contributed by atoms with Crippen molar-refractivity contribution in [2.45, 2.75) is 36.7 Å². The minimum Gasteiger partial charge on any atom is -0.394 e. The van der Waals surface area contributed by atoms with Crippen molar-refractivity contribution in [2.75, 3.05) is 19.8 Å². The van der Waals surface area contributed by atoms with Gasteiger partial charge in [-0.15, -0.1) is 0 Å². The zero-order chi connectivity index (χ0) is 13.0. The zero-order valence-corrected chi connectivity index (χ0v) is 9.22. The maximum Gasteiger partial charge on any atom is 0.176 e. The summed E-state index contributed by atoms with van der Waals surface area (Å²) >= 11 is 0. The Hall–Kier alpha value is -0.320. The predicted octanol–water partition coefficient (Wildman–Crippen LogP) is -3.88. The monoisotopic (exact) mass is 253 g/mol. The molecule has 8 heteroatoms. The van der Waals surface area contributed by atoms with Crippen molar-refractivity contribution < 1.29 is 35.0 Å². The van der Waals surface area contributed by atoms with Crippen molar-refractivity contribution in [1.82, 2.24) is 0 Å². The lowest BCUT2D eigenvalue weighted by Gasteiger charge is -2.41. The van der Waals surface area contributed by atoms with Crippen LogP contribution >= 0.6 is 0 Å². The molecule has 102 valence electrons. The number of rotatable bonds is 5. The zero-order valence-electron chi connectivity index (χ0n) is 9.22. The highest BCUT2D eigenvalue weighted by atomic mass is 16.7. The van der Waals surface area contributed by atoms with Crippen LogP contribution < -0.4 is 5.73 Å². The van der Waals surface area contributed by atoms with Crippen LogP contribution in [0.5, 0.6) is 0 Å². The molecule has 7 N–H and O–H groups in total. The fourth-order valence-corrected chi connectivity index (χ4v) is 1.56. The quantitative estimate of drug-likeness (QED) is 0.292. The van der Waals surface area contributed by atoms with E-state index in [9.17, 15) is 10.2 Å². The first-order valence-corrected chi connectivity index (χ1v) is 5.30. The topological polar surface area (TPSA) is 146 Å². The lowest BCUT2D eigenvalue weighted by Crippen LogP contribution is -2.63. The van der Waals surface area contributed by atoms with E-state index in [1.165, 1.54) is 0 Å². The van der Waals surface area contributed by atoms with E-state index in [2.05, 4.69) is 0 Å². The Balaban J connectivity index is 2.65. The van der Waals surface area contributed by atoms with Crippen LogP contribution in [0.3, 0.4) is 0 Å². The van der Waals surface area contributed by atoms with Gasteiger partial charge in [-0.05, 0) is 0 Å². The van der Waals surface area contributed by atoms with Gasteiger partial charge in [-0.25, -0.2) is 0 Å². The first kappa shape index (κ1) is 14.7. The third-order valence-electron chi connectivity index (χ3n) is 2.66. The van der Waals surface area contributed by atoms with E-state index < -0.39 is 56.6 Å². The minimum atomic E-state index is -1.32. The van der Waals surface area contributed by atoms with Crippen LogP contribution in [-0.2, 0) is 9.47 Å². The smallest absolute Gasteiger partial charge is 0.176 e. The van der Waals surface area contributed by atoms with E-state index in [1.807, 2.05) is 0 Å². The molecule has 0 aliphatic carbocycles. The van der Waals surface area contributed by atoms with Crippen molar-refractivity contribution in [3.8, 4) is 0 Å². The molecule has 0 spiro atoms. The van der Waals surface area contributed by atoms with E-state index in [0.717, 1.165) is 0 Å². The van der Waals surface area contributed by atoms with Gasteiger partial charge >= 0.3 is 0 Å². The molecule has 0 saturated carbocycles. The van der Waals surface area contributed by atoms with Crippen LogP contribution in [0.25, 0.3) is 0 Å². The molecule has 1 aliphatic rings. The molecule has 0 aromatic rings. The number of ether oxygens (including phenoxy) is 2. The molecule has 0 aromatic heterocycles. The summed E-state index contributed by atoms with van der Waals surface area (Å²) in [5.74, 6) is 0. The van der Waals surface area contributed by atoms with Gasteiger partial charge in [0, 0.05) is 0 Å². The first-order chi connectivity index (χ1) is 8.04. The molecule has 0 aromatic carbocycles. The molecule has 1 fully saturated rings. The Morgan fingerprint density at radius 1 is 1.12 bits per heavy atom. The normalized spacial score (nSPS) is 38.6. The van der Waals surface area contributed by atoms with Gasteiger partial charge in [-0.2, -0.15) is 0 Å². The van der Waals surface area contributed by atoms with Crippen molar-refractivity contribution in [3.05, 3.63) is 0 Å². The van der Waals surface area contributed by atoms with Gasteiger partial charge in [0.25, 0.3) is 0 Å². The molecule has 1 heterocycles. The van der Waals surface area contributed by atoms with E-state index in [4.69, 9.17) is 30.5 Å². The Morgan fingerprint density at radius 3 is 2.18 bits per heavy atom. The number of hydrogen-bond donors (Lipinski definition) is 6. The summed E-state index contributed by atoms with van der Waals surface area (Å²) in [6.45, 7) is -1.38. The molecule has 0 radical (unpaired) electrons. The standard InChI is InChI=1S/C9H19NO7/c10-6-8(15)7(14)5(3-13)17-9(6)16-4(1-11)2-12/h4-9,11-15H,1-3,10H2/t5-,6-,7-,8-,9?/m1/s1. The Kier molecular flexibility index (Phi) is 5.70. The van der Waals surface area contributed by atoms with Crippen molar-refractivity contribution in [2.24, 2.45) is 5.73 Å². The van der Waals surface area contributed by atoms with Crippen LogP contribution in [-0.4, -0.2) is 82.1 Å².